The molecule has 0 aromatic heterocycles. The first-order chi connectivity index (χ1) is 30.2. The zero-order valence-corrected chi connectivity index (χ0v) is 33.7. The van der Waals surface area contributed by atoms with Crippen LogP contribution in [0.3, 0.4) is 0 Å². The van der Waals surface area contributed by atoms with Crippen molar-refractivity contribution in [3.8, 4) is 0 Å². The minimum absolute atomic E-state index is 1.53. The predicted octanol–water partition coefficient (Wildman–Crippen LogP) is 8.05. The summed E-state index contributed by atoms with van der Waals surface area (Å²) in [6.07, 6.45) is -7.22. The second kappa shape index (κ2) is 18.2. The SMILES string of the molecule is Fc1c(F)c(F)c([B-](c2c(F)c(F)c(F)c(F)c2F)(c2c(F)c(F)c(F)c(F)c2F)c2c(F)c(F)c(F)c(F)c2F)c(F)c1F.c1cc[c]([Sn+]([c]2ccccc2)[c]2ccccc2)cc1. The van der Waals surface area contributed by atoms with Gasteiger partial charge in [0.15, 0.2) is 69.8 Å². The molecule has 0 bridgehead atoms. The van der Waals surface area contributed by atoms with E-state index in [1.54, 1.807) is 0 Å². The first kappa shape index (κ1) is 47.5. The van der Waals surface area contributed by atoms with E-state index in [4.69, 9.17) is 0 Å². The molecule has 0 aliphatic carbocycles. The van der Waals surface area contributed by atoms with Crippen LogP contribution in [-0.2, 0) is 0 Å². The van der Waals surface area contributed by atoms with Gasteiger partial charge in [-0.2, -0.15) is 0 Å². The van der Waals surface area contributed by atoms with Crippen molar-refractivity contribution in [1.82, 2.24) is 0 Å². The van der Waals surface area contributed by atoms with Crippen LogP contribution in [0.15, 0.2) is 91.0 Å². The summed E-state index contributed by atoms with van der Waals surface area (Å²) in [5.74, 6) is -71.4. The van der Waals surface area contributed by atoms with E-state index in [1.165, 1.54) is 10.7 Å². The van der Waals surface area contributed by atoms with Crippen LogP contribution in [0.5, 0.6) is 0 Å². The monoisotopic (exact) mass is 1030 g/mol. The van der Waals surface area contributed by atoms with Gasteiger partial charge >= 0.3 is 121 Å². The van der Waals surface area contributed by atoms with E-state index in [2.05, 4.69) is 91.0 Å². The van der Waals surface area contributed by atoms with E-state index >= 15 is 35.1 Å². The fraction of sp³-hybridized carbons (Fsp3) is 0. The summed E-state index contributed by atoms with van der Waals surface area (Å²) in [4.78, 5) is 0. The van der Waals surface area contributed by atoms with Crippen molar-refractivity contribution in [2.45, 2.75) is 0 Å². The van der Waals surface area contributed by atoms with E-state index in [1.807, 2.05) is 0 Å². The molecule has 22 heteroatoms. The van der Waals surface area contributed by atoms with E-state index in [0.717, 1.165) is 0 Å². The summed E-state index contributed by atoms with van der Waals surface area (Å²) < 4.78 is 299. The van der Waals surface area contributed by atoms with E-state index in [0.29, 0.717) is 0 Å². The third-order valence-electron chi connectivity index (χ3n) is 9.89. The van der Waals surface area contributed by atoms with Crippen molar-refractivity contribution in [2.24, 2.45) is 0 Å². The van der Waals surface area contributed by atoms with Crippen molar-refractivity contribution in [1.29, 1.82) is 0 Å². The number of benzene rings is 7. The van der Waals surface area contributed by atoms with Crippen LogP contribution >= 0.6 is 0 Å². The van der Waals surface area contributed by atoms with E-state index < -0.39 is 164 Å². The molecule has 0 heterocycles. The van der Waals surface area contributed by atoms with Crippen LogP contribution in [0.1, 0.15) is 0 Å². The van der Waals surface area contributed by atoms with Crippen molar-refractivity contribution in [2.75, 3.05) is 0 Å². The maximum atomic E-state index is 15.4. The summed E-state index contributed by atoms with van der Waals surface area (Å²) in [5.41, 5.74) is -14.3. The molecule has 0 nitrogen and oxygen atoms in total. The first-order valence-electron chi connectivity index (χ1n) is 17.4. The number of hydrogen-bond donors (Lipinski definition) is 0. The predicted molar refractivity (Wildman–Crippen MR) is 193 cm³/mol. The molecular formula is C42H15BF20Sn. The molecule has 7 aromatic rings. The quantitative estimate of drug-likeness (QED) is 0.0657. The van der Waals surface area contributed by atoms with Crippen molar-refractivity contribution in [3.05, 3.63) is 207 Å². The van der Waals surface area contributed by atoms with Crippen LogP contribution in [0.25, 0.3) is 0 Å². The fourth-order valence-electron chi connectivity index (χ4n) is 7.19. The molecule has 0 N–H and O–H groups in total. The molecule has 0 saturated heterocycles. The molecule has 0 atom stereocenters. The molecule has 0 radical (unpaired) electrons. The van der Waals surface area contributed by atoms with Gasteiger partial charge in [0, 0.05) is 0 Å². The Balaban J connectivity index is 0.000000295. The number of rotatable bonds is 7. The Hall–Kier alpha value is -6.00. The molecule has 0 fully saturated rings. The molecule has 7 aromatic carbocycles. The molecule has 7 rings (SSSR count). The minimum atomic E-state index is -7.22. The number of hydrogen-bond acceptors (Lipinski definition) is 0. The van der Waals surface area contributed by atoms with Gasteiger partial charge in [0.1, 0.15) is 52.7 Å². The van der Waals surface area contributed by atoms with Crippen molar-refractivity contribution >= 4 is 58.5 Å². The third kappa shape index (κ3) is 7.53. The van der Waals surface area contributed by atoms with Gasteiger partial charge in [-0.1, -0.05) is 0 Å². The van der Waals surface area contributed by atoms with Crippen LogP contribution in [0.4, 0.5) is 87.8 Å². The molecule has 0 aliphatic rings. The molecule has 0 spiro atoms. The van der Waals surface area contributed by atoms with Gasteiger partial charge < -0.3 is 0 Å². The van der Waals surface area contributed by atoms with Crippen LogP contribution in [0, 0.1) is 116 Å². The number of halogens is 20. The van der Waals surface area contributed by atoms with Crippen LogP contribution < -0.4 is 32.6 Å². The van der Waals surface area contributed by atoms with Crippen molar-refractivity contribution < 1.29 is 87.8 Å². The first-order valence-corrected chi connectivity index (χ1v) is 21.7. The van der Waals surface area contributed by atoms with Gasteiger partial charge in [-0.05, 0) is 0 Å². The van der Waals surface area contributed by atoms with Gasteiger partial charge in [-0.15, -0.1) is 21.9 Å². The van der Waals surface area contributed by atoms with Gasteiger partial charge in [0.2, 0.25) is 0 Å². The zero-order chi connectivity index (χ0) is 47.3. The normalized spacial score (nSPS) is 11.4. The Morgan fingerprint density at radius 1 is 0.203 bits per heavy atom. The Morgan fingerprint density at radius 3 is 0.500 bits per heavy atom. The summed E-state index contributed by atoms with van der Waals surface area (Å²) >= 11 is -1.98. The molecule has 330 valence electrons. The third-order valence-corrected chi connectivity index (χ3v) is 17.7. The molecule has 64 heavy (non-hydrogen) atoms. The second-order valence-corrected chi connectivity index (χ2v) is 20.4. The van der Waals surface area contributed by atoms with Crippen molar-refractivity contribution in [3.63, 3.8) is 0 Å². The van der Waals surface area contributed by atoms with E-state index in [-0.39, 0.29) is 0 Å². The Kier molecular flexibility index (Phi) is 13.5. The average Bonchev–Trinajstić information content (AvgIpc) is 3.30. The van der Waals surface area contributed by atoms with E-state index in [9.17, 15) is 52.7 Å². The summed E-state index contributed by atoms with van der Waals surface area (Å²) in [5, 5.41) is 0. The van der Waals surface area contributed by atoms with Gasteiger partial charge in [-0.3, -0.25) is 0 Å². The summed E-state index contributed by atoms with van der Waals surface area (Å²) in [6.45, 7) is 0. The summed E-state index contributed by atoms with van der Waals surface area (Å²) in [7, 11) is 0. The molecular weight excluding hydrogens is 1010 g/mol. The fourth-order valence-corrected chi connectivity index (χ4v) is 14.5. The summed E-state index contributed by atoms with van der Waals surface area (Å²) in [6, 6.07) is 32.9. The Morgan fingerprint density at radius 2 is 0.344 bits per heavy atom. The topological polar surface area (TPSA) is 0 Å². The van der Waals surface area contributed by atoms with Crippen LogP contribution in [-0.4, -0.2) is 25.9 Å². The zero-order valence-electron chi connectivity index (χ0n) is 30.8. The van der Waals surface area contributed by atoms with Crippen LogP contribution in [0.2, 0.25) is 0 Å². The standard InChI is InChI=1S/C24BF20.3C6H5.Sn/c26-5-1(6(27)14(35)21(42)13(5)34)25(2-7(28)15(36)22(43)16(37)8(2)29,3-9(30)17(38)23(44)18(39)10(3)31)4-11(32)19(40)24(45)20(41)12(4)33;3*1-2-4-6-5-3-1;/h;3*1-5H;/q-1;;;;+1. The van der Waals surface area contributed by atoms with Gasteiger partial charge in [0.25, 0.3) is 0 Å². The second-order valence-electron chi connectivity index (χ2n) is 13.3. The van der Waals surface area contributed by atoms with Gasteiger partial charge in [-0.25, -0.2) is 87.8 Å². The molecule has 0 unspecified atom stereocenters. The molecule has 0 amide bonds. The Labute approximate surface area is 352 Å². The van der Waals surface area contributed by atoms with Gasteiger partial charge in [0.05, 0.1) is 0 Å². The Bertz CT molecular complexity index is 2460. The molecule has 0 saturated carbocycles. The molecule has 0 aliphatic heterocycles. The maximum absolute atomic E-state index is 15.4. The average molecular weight is 1030 g/mol.